The Balaban J connectivity index is -0.0000000267. The predicted octanol–water partition coefficient (Wildman–Crippen LogP) is -6.83. The summed E-state index contributed by atoms with van der Waals surface area (Å²) in [7, 11) is -4.08. The Hall–Kier alpha value is 2.25. The van der Waals surface area contributed by atoms with E-state index in [0.717, 1.165) is 0 Å². The van der Waals surface area contributed by atoms with Gasteiger partial charge in [0.1, 0.15) is 0 Å². The van der Waals surface area contributed by atoms with Gasteiger partial charge in [0, 0.05) is 0 Å². The van der Waals surface area contributed by atoms with E-state index in [9.17, 15) is 0 Å². The van der Waals surface area contributed by atoms with Crippen LogP contribution in [-0.2, 0) is 20.2 Å². The molecule has 0 heterocycles. The van der Waals surface area contributed by atoms with Gasteiger partial charge in [-0.3, -0.25) is 0 Å². The molecule has 0 saturated carbocycles. The number of hydrogen-bond donors (Lipinski definition) is 1. The van der Waals surface area contributed by atoms with Crippen LogP contribution in [0.3, 0.4) is 0 Å². The zero-order chi connectivity index (χ0) is 4.50. The van der Waals surface area contributed by atoms with Crippen molar-refractivity contribution >= 4 is 20.2 Å². The summed E-state index contributed by atoms with van der Waals surface area (Å²) in [4.78, 5) is 0. The second kappa shape index (κ2) is 9.25. The van der Waals surface area contributed by atoms with Crippen LogP contribution in [0.4, 0.5) is 0 Å². The molecule has 0 radical (unpaired) electrons. The zero-order valence-electron chi connectivity index (χ0n) is 4.53. The van der Waals surface area contributed by atoms with E-state index in [0.29, 0.717) is 0 Å². The van der Waals surface area contributed by atoms with Crippen LogP contribution in [0.25, 0.3) is 0 Å². The predicted molar refractivity (Wildman–Crippen MR) is 20.8 cm³/mol. The Morgan fingerprint density at radius 3 is 1.50 bits per heavy atom. The van der Waals surface area contributed by atoms with Gasteiger partial charge in [-0.05, 0) is 11.2 Å². The van der Waals surface area contributed by atoms with Crippen molar-refractivity contribution in [3.05, 3.63) is 0 Å². The molecule has 0 fully saturated rings. The summed E-state index contributed by atoms with van der Waals surface area (Å²) in [6.07, 6.45) is 0. The summed E-state index contributed by atoms with van der Waals surface area (Å²) in [6.45, 7) is 0. The average Bonchev–Trinajstić information content (AvgIpc) is 0.722. The van der Waals surface area contributed by atoms with E-state index in [-0.39, 0.29) is 64.6 Å². The van der Waals surface area contributed by atoms with Gasteiger partial charge < -0.3 is 14.6 Å². The molecule has 0 aliphatic heterocycles. The quantitative estimate of drug-likeness (QED) is 0.370. The first-order chi connectivity index (χ1) is 2.00. The SMILES string of the molecule is O=S([O-])(O)=S.[Na+].[Na+].[OH-]. The van der Waals surface area contributed by atoms with Gasteiger partial charge in [0.25, 0.3) is 0 Å². The third-order valence-corrected chi connectivity index (χ3v) is 0. The third-order valence-electron chi connectivity index (χ3n) is 0. The first-order valence-corrected chi connectivity index (χ1v) is 3.05. The van der Waals surface area contributed by atoms with E-state index >= 15 is 0 Å². The standard InChI is InChI=1S/2Na.H2O3S2.H2O/c;;1-5(2,3)4;/h;;(H2,1,2,3,4);1H2/q2*+1;;/p-2. The van der Waals surface area contributed by atoms with Crippen molar-refractivity contribution in [2.24, 2.45) is 0 Å². The van der Waals surface area contributed by atoms with Crippen LogP contribution in [0.1, 0.15) is 0 Å². The minimum Gasteiger partial charge on any atom is -0.870 e. The fourth-order valence-electron chi connectivity index (χ4n) is 0. The molecule has 0 saturated heterocycles. The van der Waals surface area contributed by atoms with Gasteiger partial charge >= 0.3 is 59.1 Å². The molecule has 0 aliphatic carbocycles. The molecule has 0 bridgehead atoms. The van der Waals surface area contributed by atoms with Crippen LogP contribution in [0.15, 0.2) is 0 Å². The minimum absolute atomic E-state index is 0. The number of rotatable bonds is 0. The fraction of sp³-hybridized carbons (Fsp3) is 0. The first kappa shape index (κ1) is 22.5. The van der Waals surface area contributed by atoms with E-state index in [2.05, 4.69) is 11.2 Å². The number of hydrogen-bond acceptors (Lipinski definition) is 4. The van der Waals surface area contributed by atoms with Crippen LogP contribution in [0.5, 0.6) is 0 Å². The van der Waals surface area contributed by atoms with E-state index < -0.39 is 9.05 Å². The zero-order valence-corrected chi connectivity index (χ0v) is 10.2. The van der Waals surface area contributed by atoms with Crippen LogP contribution >= 0.6 is 0 Å². The Labute approximate surface area is 96.6 Å². The maximum atomic E-state index is 9.00. The largest absolute Gasteiger partial charge is 1.00 e. The molecule has 0 aromatic carbocycles. The normalized spacial score (nSPS) is 13.2. The molecule has 0 rings (SSSR count). The van der Waals surface area contributed by atoms with Gasteiger partial charge in [0.15, 0.2) is 0 Å². The van der Waals surface area contributed by atoms with Crippen molar-refractivity contribution in [1.29, 1.82) is 0 Å². The van der Waals surface area contributed by atoms with E-state index in [1.54, 1.807) is 0 Å². The molecule has 0 aromatic heterocycles. The monoisotopic (exact) mass is 176 g/mol. The van der Waals surface area contributed by atoms with Crippen LogP contribution in [0.2, 0.25) is 0 Å². The maximum absolute atomic E-state index is 9.00. The molecule has 0 aromatic rings. The molecule has 0 aliphatic rings. The van der Waals surface area contributed by atoms with Crippen molar-refractivity contribution in [2.75, 3.05) is 0 Å². The van der Waals surface area contributed by atoms with Crippen molar-refractivity contribution in [3.8, 4) is 0 Å². The second-order valence-electron chi connectivity index (χ2n) is 0.428. The van der Waals surface area contributed by atoms with Crippen LogP contribution in [-0.4, -0.2) is 18.8 Å². The van der Waals surface area contributed by atoms with Gasteiger partial charge in [-0.1, -0.05) is 0 Å². The summed E-state index contributed by atoms with van der Waals surface area (Å²) in [5, 5.41) is 0. The van der Waals surface area contributed by atoms with Crippen LogP contribution in [0, 0.1) is 0 Å². The Morgan fingerprint density at radius 2 is 1.50 bits per heavy atom. The van der Waals surface area contributed by atoms with Crippen molar-refractivity contribution in [3.63, 3.8) is 0 Å². The van der Waals surface area contributed by atoms with E-state index in [1.807, 2.05) is 0 Å². The molecule has 0 spiro atoms. The Bertz CT molecular complexity index is 95.2. The molecule has 4 nitrogen and oxygen atoms in total. The molecule has 1 unspecified atom stereocenters. The molecule has 0 amide bonds. The molecular weight excluding hydrogens is 174 g/mol. The molecule has 2 N–H and O–H groups in total. The van der Waals surface area contributed by atoms with E-state index in [4.69, 9.17) is 13.3 Å². The summed E-state index contributed by atoms with van der Waals surface area (Å²) in [5.41, 5.74) is 0. The van der Waals surface area contributed by atoms with Gasteiger partial charge in [0.2, 0.25) is 0 Å². The smallest absolute Gasteiger partial charge is 0.870 e. The first-order valence-electron chi connectivity index (χ1n) is 0.683. The fourth-order valence-corrected chi connectivity index (χ4v) is 0. The Kier molecular flexibility index (Phi) is 26.0. The molecule has 8 heavy (non-hydrogen) atoms. The van der Waals surface area contributed by atoms with Crippen LogP contribution < -0.4 is 59.1 Å². The van der Waals surface area contributed by atoms with Crippen molar-refractivity contribution in [2.45, 2.75) is 0 Å². The summed E-state index contributed by atoms with van der Waals surface area (Å²) >= 11 is 3.35. The summed E-state index contributed by atoms with van der Waals surface area (Å²) < 4.78 is 25.3. The summed E-state index contributed by atoms with van der Waals surface area (Å²) in [5.74, 6) is 0. The molecular formula is H2Na2O4S2. The summed E-state index contributed by atoms with van der Waals surface area (Å²) in [6, 6.07) is 0. The maximum Gasteiger partial charge on any atom is 1.00 e. The third kappa shape index (κ3) is 85.7. The van der Waals surface area contributed by atoms with Gasteiger partial charge in [0.05, 0.1) is 9.05 Å². The molecule has 1 atom stereocenters. The Morgan fingerprint density at radius 1 is 1.50 bits per heavy atom. The minimum atomic E-state index is -4.08. The topological polar surface area (TPSA) is 90.4 Å². The molecule has 8 heteroatoms. The van der Waals surface area contributed by atoms with Crippen molar-refractivity contribution < 1.29 is 77.9 Å². The van der Waals surface area contributed by atoms with Gasteiger partial charge in [-0.2, -0.15) is 0 Å². The van der Waals surface area contributed by atoms with Crippen molar-refractivity contribution in [1.82, 2.24) is 0 Å². The van der Waals surface area contributed by atoms with E-state index in [1.165, 1.54) is 0 Å². The van der Waals surface area contributed by atoms with Gasteiger partial charge in [-0.15, -0.1) is 0 Å². The van der Waals surface area contributed by atoms with Gasteiger partial charge in [-0.25, -0.2) is 4.21 Å². The molecule has 40 valence electrons. The second-order valence-corrected chi connectivity index (χ2v) is 2.55. The average molecular weight is 176 g/mol.